The molecule has 12 heteroatoms. The van der Waals surface area contributed by atoms with Gasteiger partial charge in [0, 0.05) is 20.1 Å². The third kappa shape index (κ3) is 4.14. The maximum Gasteiger partial charge on any atom is 0.332 e. The van der Waals surface area contributed by atoms with Crippen molar-refractivity contribution in [1.82, 2.24) is 33.7 Å². The van der Waals surface area contributed by atoms with Crippen LogP contribution in [0.5, 0.6) is 5.75 Å². The second kappa shape index (κ2) is 9.71. The van der Waals surface area contributed by atoms with Crippen molar-refractivity contribution in [2.45, 2.75) is 20.0 Å². The highest BCUT2D eigenvalue weighted by Crippen LogP contribution is 2.21. The fourth-order valence-corrected chi connectivity index (χ4v) is 4.21. The number of anilines is 1. The number of hydrogen-bond donors (Lipinski definition) is 0. The molecule has 0 amide bonds. The summed E-state index contributed by atoms with van der Waals surface area (Å²) in [6.45, 7) is 4.40. The van der Waals surface area contributed by atoms with Crippen molar-refractivity contribution in [1.29, 1.82) is 0 Å². The smallest absolute Gasteiger partial charge is 0.332 e. The molecule has 1 aromatic carbocycles. The molecule has 4 aromatic rings. The van der Waals surface area contributed by atoms with E-state index in [1.165, 1.54) is 4.57 Å². The van der Waals surface area contributed by atoms with Gasteiger partial charge in [-0.15, -0.1) is 11.0 Å². The average Bonchev–Trinajstić information content (AvgIpc) is 3.54. The molecule has 3 aromatic heterocycles. The molecule has 0 bridgehead atoms. The topological polar surface area (TPSA) is 114 Å². The van der Waals surface area contributed by atoms with Crippen LogP contribution < -0.4 is 20.9 Å². The zero-order valence-electron chi connectivity index (χ0n) is 20.3. The number of morpholine rings is 1. The third-order valence-electron chi connectivity index (χ3n) is 6.12. The van der Waals surface area contributed by atoms with Gasteiger partial charge in [0.25, 0.3) is 5.56 Å². The van der Waals surface area contributed by atoms with Crippen LogP contribution in [0.1, 0.15) is 12.6 Å². The molecule has 186 valence electrons. The number of methoxy groups -OCH3 is 1. The Labute approximate surface area is 206 Å². The summed E-state index contributed by atoms with van der Waals surface area (Å²) in [5, 5.41) is 8.33. The fourth-order valence-electron chi connectivity index (χ4n) is 4.21. The van der Waals surface area contributed by atoms with Gasteiger partial charge in [-0.05, 0) is 31.2 Å². The number of benzene rings is 1. The molecule has 0 radical (unpaired) electrons. The summed E-state index contributed by atoms with van der Waals surface area (Å²) in [6, 6.07) is 7.32. The van der Waals surface area contributed by atoms with Gasteiger partial charge < -0.3 is 14.4 Å². The quantitative estimate of drug-likeness (QED) is 0.357. The van der Waals surface area contributed by atoms with Crippen LogP contribution in [-0.2, 0) is 24.9 Å². The van der Waals surface area contributed by atoms with E-state index in [0.29, 0.717) is 49.1 Å². The number of aryl methyl sites for hydroxylation is 1. The molecular weight excluding hydrogens is 464 g/mol. The van der Waals surface area contributed by atoms with Crippen molar-refractivity contribution in [2.24, 2.45) is 7.05 Å². The standard InChI is InChI=1S/C24H26N8O4/c1-4-5-10-30-20-21(25-23(30)29-11-13-36-14-12-29)28(2)24(34)31(22(20)33)15-17-16-32(27-26-17)18-6-8-19(35-3)9-7-18/h6-9,16H,10-15H2,1-3H3. The van der Waals surface area contributed by atoms with Crippen LogP contribution in [0.15, 0.2) is 40.1 Å². The normalized spacial score (nSPS) is 13.6. The lowest BCUT2D eigenvalue weighted by Gasteiger charge is -2.27. The molecule has 36 heavy (non-hydrogen) atoms. The summed E-state index contributed by atoms with van der Waals surface area (Å²) < 4.78 is 16.6. The van der Waals surface area contributed by atoms with E-state index in [4.69, 9.17) is 9.47 Å². The number of hydrogen-bond acceptors (Lipinski definition) is 8. The molecule has 0 saturated carbocycles. The Morgan fingerprint density at radius 1 is 1.11 bits per heavy atom. The van der Waals surface area contributed by atoms with Gasteiger partial charge in [0.2, 0.25) is 5.95 Å². The maximum atomic E-state index is 13.7. The molecule has 4 heterocycles. The summed E-state index contributed by atoms with van der Waals surface area (Å²) in [7, 11) is 3.21. The Bertz CT molecular complexity index is 1580. The molecule has 0 atom stereocenters. The number of nitrogens with zero attached hydrogens (tertiary/aromatic N) is 8. The minimum atomic E-state index is -0.480. The van der Waals surface area contributed by atoms with Gasteiger partial charge in [-0.3, -0.25) is 18.5 Å². The minimum absolute atomic E-state index is 0.0326. The Kier molecular flexibility index (Phi) is 6.30. The first kappa shape index (κ1) is 23.4. The highest BCUT2D eigenvalue weighted by molar-refractivity contribution is 5.75. The Morgan fingerprint density at radius 2 is 1.86 bits per heavy atom. The number of ether oxygens (including phenoxy) is 2. The van der Waals surface area contributed by atoms with E-state index in [0.717, 1.165) is 16.0 Å². The third-order valence-corrected chi connectivity index (χ3v) is 6.12. The average molecular weight is 491 g/mol. The number of aromatic nitrogens is 7. The molecule has 0 spiro atoms. The predicted molar refractivity (Wildman–Crippen MR) is 133 cm³/mol. The summed E-state index contributed by atoms with van der Waals surface area (Å²) in [6.07, 6.45) is 1.69. The first-order valence-electron chi connectivity index (χ1n) is 11.5. The highest BCUT2D eigenvalue weighted by Gasteiger charge is 2.24. The maximum absolute atomic E-state index is 13.7. The van der Waals surface area contributed by atoms with Gasteiger partial charge in [-0.25, -0.2) is 9.48 Å². The van der Waals surface area contributed by atoms with E-state index in [9.17, 15) is 9.59 Å². The van der Waals surface area contributed by atoms with Crippen LogP contribution >= 0.6 is 0 Å². The molecule has 1 aliphatic rings. The molecule has 0 N–H and O–H groups in total. The van der Waals surface area contributed by atoms with Crippen LogP contribution in [0.3, 0.4) is 0 Å². The molecule has 0 aliphatic carbocycles. The van der Waals surface area contributed by atoms with Crippen molar-refractivity contribution in [3.63, 3.8) is 0 Å². The first-order valence-corrected chi connectivity index (χ1v) is 11.5. The molecule has 1 fully saturated rings. The zero-order chi connectivity index (χ0) is 25.2. The van der Waals surface area contributed by atoms with Crippen LogP contribution in [0.2, 0.25) is 0 Å². The molecule has 12 nitrogen and oxygen atoms in total. The van der Waals surface area contributed by atoms with Crippen molar-refractivity contribution in [2.75, 3.05) is 38.3 Å². The lowest BCUT2D eigenvalue weighted by Crippen LogP contribution is -2.40. The first-order chi connectivity index (χ1) is 17.5. The largest absolute Gasteiger partial charge is 0.497 e. The SMILES string of the molecule is CC#CCn1c(N2CCOCC2)nc2c1c(=O)n(Cc1cn(-c3ccc(OC)cc3)nn1)c(=O)n2C. The van der Waals surface area contributed by atoms with E-state index in [1.54, 1.807) is 36.5 Å². The van der Waals surface area contributed by atoms with E-state index in [-0.39, 0.29) is 13.1 Å². The predicted octanol–water partition coefficient (Wildman–Crippen LogP) is 0.394. The summed E-state index contributed by atoms with van der Waals surface area (Å²) in [5.41, 5.74) is 0.962. The van der Waals surface area contributed by atoms with Crippen molar-refractivity contribution in [3.05, 3.63) is 57.0 Å². The zero-order valence-corrected chi connectivity index (χ0v) is 20.3. The fraction of sp³-hybridized carbons (Fsp3) is 0.375. The number of fused-ring (bicyclic) bond motifs is 1. The van der Waals surface area contributed by atoms with Crippen molar-refractivity contribution in [3.8, 4) is 23.3 Å². The molecular formula is C24H26N8O4. The van der Waals surface area contributed by atoms with Crippen molar-refractivity contribution >= 4 is 17.1 Å². The van der Waals surface area contributed by atoms with Crippen LogP contribution in [0.4, 0.5) is 5.95 Å². The lowest BCUT2D eigenvalue weighted by atomic mass is 10.3. The lowest BCUT2D eigenvalue weighted by molar-refractivity contribution is 0.121. The van der Waals surface area contributed by atoms with Crippen LogP contribution in [0.25, 0.3) is 16.9 Å². The molecule has 5 rings (SSSR count). The minimum Gasteiger partial charge on any atom is -0.497 e. The van der Waals surface area contributed by atoms with Gasteiger partial charge >= 0.3 is 5.69 Å². The van der Waals surface area contributed by atoms with Gasteiger partial charge in [-0.1, -0.05) is 11.1 Å². The van der Waals surface area contributed by atoms with E-state index in [2.05, 4.69) is 32.0 Å². The molecule has 0 unspecified atom stereocenters. The summed E-state index contributed by atoms with van der Waals surface area (Å²) in [5.74, 6) is 7.23. The molecule has 1 saturated heterocycles. The number of rotatable bonds is 6. The number of imidazole rings is 1. The van der Waals surface area contributed by atoms with Gasteiger partial charge in [-0.2, -0.15) is 4.98 Å². The summed E-state index contributed by atoms with van der Waals surface area (Å²) >= 11 is 0. The van der Waals surface area contributed by atoms with Crippen molar-refractivity contribution < 1.29 is 9.47 Å². The van der Waals surface area contributed by atoms with Gasteiger partial charge in [0.05, 0.1) is 45.3 Å². The second-order valence-electron chi connectivity index (χ2n) is 8.28. The summed E-state index contributed by atoms with van der Waals surface area (Å²) in [4.78, 5) is 33.6. The molecule has 1 aliphatic heterocycles. The highest BCUT2D eigenvalue weighted by atomic mass is 16.5. The Balaban J connectivity index is 1.57. The Hall–Kier alpha value is -4.37. The second-order valence-corrected chi connectivity index (χ2v) is 8.28. The van der Waals surface area contributed by atoms with Gasteiger partial charge in [0.1, 0.15) is 11.4 Å². The van der Waals surface area contributed by atoms with E-state index >= 15 is 0 Å². The van der Waals surface area contributed by atoms with E-state index in [1.807, 2.05) is 24.3 Å². The monoisotopic (exact) mass is 490 g/mol. The van der Waals surface area contributed by atoms with Gasteiger partial charge in [0.15, 0.2) is 11.2 Å². The Morgan fingerprint density at radius 3 is 2.56 bits per heavy atom. The van der Waals surface area contributed by atoms with E-state index < -0.39 is 11.2 Å². The van der Waals surface area contributed by atoms with Crippen LogP contribution in [0, 0.1) is 11.8 Å². The van der Waals surface area contributed by atoms with Crippen LogP contribution in [-0.4, -0.2) is 67.1 Å².